The highest BCUT2D eigenvalue weighted by Gasteiger charge is 2.64. The Morgan fingerprint density at radius 2 is 1.24 bits per heavy atom. The van der Waals surface area contributed by atoms with Gasteiger partial charge in [-0.15, -0.1) is 0 Å². The fraction of sp³-hybridized carbons (Fsp3) is 0.250. The third-order valence-corrected chi connectivity index (χ3v) is 4.69. The highest BCUT2D eigenvalue weighted by atomic mass is 32.2. The van der Waals surface area contributed by atoms with E-state index >= 15 is 0 Å². The summed E-state index contributed by atoms with van der Waals surface area (Å²) in [6, 6.07) is 17.8. The minimum atomic E-state index is -6.18. The fourth-order valence-electron chi connectivity index (χ4n) is 1.63. The van der Waals surface area contributed by atoms with Crippen LogP contribution in [-0.4, -0.2) is 35.9 Å². The summed E-state index contributed by atoms with van der Waals surface area (Å²) < 4.78 is 98.0. The molecular weight excluding hydrogens is 443 g/mol. The highest BCUT2D eigenvalue weighted by Crippen LogP contribution is 2.40. The molecule has 2 N–H and O–H groups in total. The molecule has 7 nitrogen and oxygen atoms in total. The van der Waals surface area contributed by atoms with Crippen molar-refractivity contribution in [3.8, 4) is 11.5 Å². The zero-order valence-corrected chi connectivity index (χ0v) is 16.2. The van der Waals surface area contributed by atoms with Crippen LogP contribution in [0.5, 0.6) is 11.5 Å². The van der Waals surface area contributed by atoms with E-state index in [2.05, 4.69) is 0 Å². The minimum Gasteiger partial charge on any atom is -0.396 e. The smallest absolute Gasteiger partial charge is 0.396 e. The summed E-state index contributed by atoms with van der Waals surface area (Å²) in [6.45, 7) is -1.32. The van der Waals surface area contributed by atoms with Gasteiger partial charge in [-0.05, 0) is 24.3 Å². The summed E-state index contributed by atoms with van der Waals surface area (Å²) in [5.74, 6) is -3.94. The number of hydrogen-bond donors (Lipinski definition) is 2. The Morgan fingerprint density at radius 3 is 1.55 bits per heavy atom. The molecule has 0 aliphatic carbocycles. The van der Waals surface area contributed by atoms with E-state index in [-0.39, 0.29) is 0 Å². The fourth-order valence-corrected chi connectivity index (χ4v) is 2.73. The van der Waals surface area contributed by atoms with Crippen molar-refractivity contribution < 1.29 is 49.3 Å². The molecule has 2 aromatic carbocycles. The molecule has 0 aromatic heterocycles. The van der Waals surface area contributed by atoms with Crippen molar-refractivity contribution in [3.05, 3.63) is 60.7 Å². The number of aliphatic hydroxyl groups is 1. The Bertz CT molecular complexity index is 837. The number of rotatable bonds is 8. The first-order chi connectivity index (χ1) is 13.4. The van der Waals surface area contributed by atoms with Gasteiger partial charge in [0.05, 0.1) is 0 Å². The van der Waals surface area contributed by atoms with E-state index in [0.29, 0.717) is 11.5 Å². The maximum absolute atomic E-state index is 12.2. The van der Waals surface area contributed by atoms with Crippen molar-refractivity contribution in [3.63, 3.8) is 0 Å². The van der Waals surface area contributed by atoms with Gasteiger partial charge < -0.3 is 5.11 Å². The second kappa shape index (κ2) is 10.5. The molecule has 2 rings (SSSR count). The van der Waals surface area contributed by atoms with Crippen LogP contribution in [0.1, 0.15) is 6.42 Å². The second-order valence-electron chi connectivity index (χ2n) is 5.20. The molecule has 0 aliphatic heterocycles. The molecule has 0 fully saturated rings. The average Bonchev–Trinajstić information content (AvgIpc) is 2.63. The number of aliphatic hydroxyl groups excluding tert-OH is 1. The third kappa shape index (κ3) is 7.58. The summed E-state index contributed by atoms with van der Waals surface area (Å²) in [5.41, 5.74) is 0. The lowest BCUT2D eigenvalue weighted by Crippen LogP contribution is -2.47. The van der Waals surface area contributed by atoms with E-state index in [1.54, 1.807) is 48.5 Å². The Kier molecular flexibility index (Phi) is 8.96. The molecule has 0 amide bonds. The second-order valence-corrected chi connectivity index (χ2v) is 7.48. The Morgan fingerprint density at radius 1 is 0.862 bits per heavy atom. The van der Waals surface area contributed by atoms with Crippen molar-refractivity contribution >= 4 is 18.4 Å². The molecule has 0 unspecified atom stereocenters. The molecule has 0 atom stereocenters. The SMILES string of the molecule is O=S(=O)(O)C(F)(F)C(F)(F)CCO.O=[P+](Oc1ccccc1)Oc1ccccc1. The van der Waals surface area contributed by atoms with Gasteiger partial charge in [-0.2, -0.15) is 26.0 Å². The third-order valence-electron chi connectivity index (χ3n) is 3.02. The van der Waals surface area contributed by atoms with Gasteiger partial charge >= 0.3 is 29.6 Å². The van der Waals surface area contributed by atoms with Crippen molar-refractivity contribution in [2.75, 3.05) is 6.61 Å². The summed E-state index contributed by atoms with van der Waals surface area (Å²) in [5, 5.41) is 2.36. The number of alkyl halides is 4. The number of hydrogen-bond acceptors (Lipinski definition) is 6. The maximum Gasteiger partial charge on any atom is 0.805 e. The van der Waals surface area contributed by atoms with Gasteiger partial charge in [0.2, 0.25) is 0 Å². The molecule has 0 saturated heterocycles. The lowest BCUT2D eigenvalue weighted by Gasteiger charge is -2.22. The molecule has 160 valence electrons. The summed E-state index contributed by atoms with van der Waals surface area (Å²) in [6.07, 6.45) is -1.75. The quantitative estimate of drug-likeness (QED) is 0.344. The standard InChI is InChI=1S/C12H10O3P.C4H6F4O4S/c13-16(14-11-7-3-1-4-8-11)15-12-9-5-2-6-10-12;5-3(6,1-2-9)4(7,8)13(10,11)12/h1-10H;9H,1-2H2,(H,10,11,12)/q+1;. The summed E-state index contributed by atoms with van der Waals surface area (Å²) >= 11 is 0. The van der Waals surface area contributed by atoms with Crippen LogP contribution in [0.3, 0.4) is 0 Å². The zero-order chi connectivity index (χ0) is 22.1. The van der Waals surface area contributed by atoms with Crippen LogP contribution >= 0.6 is 8.25 Å². The van der Waals surface area contributed by atoms with Gasteiger partial charge in [0.15, 0.2) is 11.5 Å². The summed E-state index contributed by atoms with van der Waals surface area (Å²) in [4.78, 5) is 0. The zero-order valence-electron chi connectivity index (χ0n) is 14.5. The van der Waals surface area contributed by atoms with Gasteiger partial charge in [0, 0.05) is 17.6 Å². The van der Waals surface area contributed by atoms with Crippen LogP contribution in [0, 0.1) is 0 Å². The normalized spacial score (nSPS) is 11.8. The summed E-state index contributed by atoms with van der Waals surface area (Å²) in [7, 11) is -8.36. The van der Waals surface area contributed by atoms with Gasteiger partial charge in [0.25, 0.3) is 0 Å². The van der Waals surface area contributed by atoms with E-state index in [1.807, 2.05) is 12.1 Å². The maximum atomic E-state index is 12.2. The van der Waals surface area contributed by atoms with Gasteiger partial charge in [-0.25, -0.2) is 9.05 Å². The molecule has 0 bridgehead atoms. The molecule has 0 aliphatic rings. The lowest BCUT2D eigenvalue weighted by atomic mass is 10.2. The van der Waals surface area contributed by atoms with E-state index < -0.39 is 42.6 Å². The molecule has 0 radical (unpaired) electrons. The van der Waals surface area contributed by atoms with Crippen LogP contribution in [-0.2, 0) is 14.7 Å². The molecule has 29 heavy (non-hydrogen) atoms. The molecule has 0 heterocycles. The van der Waals surface area contributed by atoms with Crippen LogP contribution in [0.15, 0.2) is 60.7 Å². The van der Waals surface area contributed by atoms with Crippen LogP contribution in [0.25, 0.3) is 0 Å². The monoisotopic (exact) mass is 459 g/mol. The van der Waals surface area contributed by atoms with Crippen molar-refractivity contribution in [1.82, 2.24) is 0 Å². The lowest BCUT2D eigenvalue weighted by molar-refractivity contribution is -0.168. The van der Waals surface area contributed by atoms with E-state index in [0.717, 1.165) is 0 Å². The first-order valence-corrected chi connectivity index (χ1v) is 10.2. The minimum absolute atomic E-state index is 0.527. The van der Waals surface area contributed by atoms with Crippen molar-refractivity contribution in [1.29, 1.82) is 0 Å². The number of benzene rings is 2. The van der Waals surface area contributed by atoms with E-state index in [9.17, 15) is 30.5 Å². The predicted octanol–water partition coefficient (Wildman–Crippen LogP) is 4.29. The van der Waals surface area contributed by atoms with Crippen molar-refractivity contribution in [2.24, 2.45) is 0 Å². The molecule has 13 heteroatoms. The topological polar surface area (TPSA) is 110 Å². The first-order valence-electron chi connectivity index (χ1n) is 7.67. The van der Waals surface area contributed by atoms with Crippen LogP contribution in [0.2, 0.25) is 0 Å². The van der Waals surface area contributed by atoms with E-state index in [1.165, 1.54) is 0 Å². The van der Waals surface area contributed by atoms with Gasteiger partial charge in [0.1, 0.15) is 0 Å². The average molecular weight is 459 g/mol. The largest absolute Gasteiger partial charge is 0.805 e. The molecule has 0 saturated carbocycles. The number of halogens is 4. The first kappa shape index (κ1) is 24.8. The molecular formula is C16H16F4O7PS+. The Labute approximate surface area is 164 Å². The Hall–Kier alpha value is -2.27. The Balaban J connectivity index is 0.000000298. The molecule has 0 spiro atoms. The molecule has 2 aromatic rings. The van der Waals surface area contributed by atoms with Gasteiger partial charge in [-0.1, -0.05) is 36.4 Å². The predicted molar refractivity (Wildman–Crippen MR) is 94.9 cm³/mol. The van der Waals surface area contributed by atoms with Crippen molar-refractivity contribution in [2.45, 2.75) is 17.6 Å². The van der Waals surface area contributed by atoms with E-state index in [4.69, 9.17) is 18.7 Å². The van der Waals surface area contributed by atoms with Gasteiger partial charge in [-0.3, -0.25) is 4.55 Å². The number of para-hydroxylation sites is 2. The highest BCUT2D eigenvalue weighted by molar-refractivity contribution is 7.87. The van der Waals surface area contributed by atoms with Crippen LogP contribution in [0.4, 0.5) is 17.6 Å². The van der Waals surface area contributed by atoms with Crippen LogP contribution < -0.4 is 9.05 Å².